The Morgan fingerprint density at radius 2 is 2.21 bits per heavy atom. The van der Waals surface area contributed by atoms with Gasteiger partial charge in [-0.05, 0) is 19.3 Å². The van der Waals surface area contributed by atoms with E-state index in [1.165, 1.54) is 22.3 Å². The largest absolute Gasteiger partial charge is 0.481 e. The highest BCUT2D eigenvalue weighted by atomic mass is 32.2. The summed E-state index contributed by atoms with van der Waals surface area (Å²) in [5.41, 5.74) is 0. The van der Waals surface area contributed by atoms with Crippen molar-refractivity contribution in [3.05, 3.63) is 6.20 Å². The van der Waals surface area contributed by atoms with Gasteiger partial charge in [0.25, 0.3) is 10.0 Å². The number of carboxylic acid groups (broad SMARTS) is 1. The van der Waals surface area contributed by atoms with Gasteiger partial charge < -0.3 is 5.11 Å². The molecule has 3 rings (SSSR count). The van der Waals surface area contributed by atoms with E-state index in [9.17, 15) is 13.2 Å². The number of aromatic nitrogens is 3. The smallest absolute Gasteiger partial charge is 0.308 e. The van der Waals surface area contributed by atoms with Gasteiger partial charge in [-0.1, -0.05) is 0 Å². The van der Waals surface area contributed by atoms with Crippen molar-refractivity contribution in [1.29, 1.82) is 0 Å². The molecule has 8 nitrogen and oxygen atoms in total. The molecule has 3 heterocycles. The van der Waals surface area contributed by atoms with Crippen LogP contribution in [0.2, 0.25) is 0 Å². The number of carbonyl (C=O) groups is 1. The van der Waals surface area contributed by atoms with E-state index in [1.807, 2.05) is 0 Å². The summed E-state index contributed by atoms with van der Waals surface area (Å²) in [4.78, 5) is 12.3. The number of nitrogens with zero attached hydrogens (tertiary/aromatic N) is 4. The van der Waals surface area contributed by atoms with Crippen molar-refractivity contribution in [2.24, 2.45) is 13.0 Å². The Morgan fingerprint density at radius 3 is 2.74 bits per heavy atom. The summed E-state index contributed by atoms with van der Waals surface area (Å²) in [6.07, 6.45) is 2.90. The van der Waals surface area contributed by atoms with Gasteiger partial charge in [-0.25, -0.2) is 8.42 Å². The molecule has 3 atom stereocenters. The Bertz CT molecular complexity index is 625. The van der Waals surface area contributed by atoms with Crippen molar-refractivity contribution < 1.29 is 18.3 Å². The van der Waals surface area contributed by atoms with Crippen molar-refractivity contribution in [3.63, 3.8) is 0 Å². The van der Waals surface area contributed by atoms with E-state index in [0.717, 1.165) is 0 Å². The van der Waals surface area contributed by atoms with Crippen LogP contribution in [0, 0.1) is 5.92 Å². The molecule has 2 bridgehead atoms. The SMILES string of the molecule is Cn1ncc(S(=O)(=O)N2C3CCC2C(C(=O)O)C3)n1. The second-order valence-electron chi connectivity index (χ2n) is 4.99. The summed E-state index contributed by atoms with van der Waals surface area (Å²) in [5, 5.41) is 16.6. The van der Waals surface area contributed by atoms with E-state index < -0.39 is 28.0 Å². The number of fused-ring (bicyclic) bond motifs is 2. The molecule has 1 N–H and O–H groups in total. The molecular weight excluding hydrogens is 272 g/mol. The fourth-order valence-corrected chi connectivity index (χ4v) is 4.94. The van der Waals surface area contributed by atoms with Gasteiger partial charge in [0.2, 0.25) is 5.03 Å². The third-order valence-electron chi connectivity index (χ3n) is 3.91. The average molecular weight is 286 g/mol. The lowest BCUT2D eigenvalue weighted by Gasteiger charge is -2.20. The first-order valence-electron chi connectivity index (χ1n) is 6.04. The number of aryl methyl sites for hydroxylation is 1. The molecule has 2 saturated heterocycles. The first-order chi connectivity index (χ1) is 8.91. The van der Waals surface area contributed by atoms with Crippen LogP contribution in [0.5, 0.6) is 0 Å². The third-order valence-corrected chi connectivity index (χ3v) is 5.75. The van der Waals surface area contributed by atoms with Gasteiger partial charge in [0.05, 0.1) is 12.1 Å². The highest BCUT2D eigenvalue weighted by Gasteiger charge is 2.54. The molecule has 2 fully saturated rings. The van der Waals surface area contributed by atoms with Crippen LogP contribution in [-0.4, -0.2) is 50.9 Å². The lowest BCUT2D eigenvalue weighted by molar-refractivity contribution is -0.142. The lowest BCUT2D eigenvalue weighted by atomic mass is 9.89. The number of sulfonamides is 1. The first-order valence-corrected chi connectivity index (χ1v) is 7.48. The minimum absolute atomic E-state index is 0.113. The molecule has 2 aliphatic rings. The number of rotatable bonds is 3. The zero-order valence-corrected chi connectivity index (χ0v) is 11.1. The number of hydrogen-bond acceptors (Lipinski definition) is 5. The molecule has 0 amide bonds. The van der Waals surface area contributed by atoms with Crippen molar-refractivity contribution in [2.75, 3.05) is 0 Å². The Labute approximate surface area is 110 Å². The second-order valence-corrected chi connectivity index (χ2v) is 6.78. The van der Waals surface area contributed by atoms with Gasteiger partial charge in [0, 0.05) is 19.1 Å². The van der Waals surface area contributed by atoms with Crippen LogP contribution < -0.4 is 0 Å². The Morgan fingerprint density at radius 1 is 1.47 bits per heavy atom. The number of hydrogen-bond donors (Lipinski definition) is 1. The van der Waals surface area contributed by atoms with Crippen LogP contribution >= 0.6 is 0 Å². The second kappa shape index (κ2) is 4.01. The van der Waals surface area contributed by atoms with Gasteiger partial charge in [-0.3, -0.25) is 4.79 Å². The molecule has 9 heteroatoms. The fraction of sp³-hybridized carbons (Fsp3) is 0.700. The van der Waals surface area contributed by atoms with E-state index in [2.05, 4.69) is 10.2 Å². The molecule has 0 aliphatic carbocycles. The van der Waals surface area contributed by atoms with E-state index in [-0.39, 0.29) is 11.1 Å². The van der Waals surface area contributed by atoms with E-state index >= 15 is 0 Å². The van der Waals surface area contributed by atoms with Crippen LogP contribution in [0.4, 0.5) is 0 Å². The monoisotopic (exact) mass is 286 g/mol. The number of aliphatic carboxylic acids is 1. The van der Waals surface area contributed by atoms with Crippen LogP contribution in [0.1, 0.15) is 19.3 Å². The van der Waals surface area contributed by atoms with Gasteiger partial charge >= 0.3 is 5.97 Å². The molecule has 0 aromatic carbocycles. The van der Waals surface area contributed by atoms with Gasteiger partial charge in [0.1, 0.15) is 0 Å². The van der Waals surface area contributed by atoms with E-state index in [1.54, 1.807) is 0 Å². The van der Waals surface area contributed by atoms with Gasteiger partial charge in [-0.15, -0.1) is 5.10 Å². The third kappa shape index (κ3) is 1.76. The molecule has 1 aromatic heterocycles. The van der Waals surface area contributed by atoms with E-state index in [0.29, 0.717) is 19.3 Å². The predicted octanol–water partition coefficient (Wildman–Crippen LogP) is -0.559. The molecule has 19 heavy (non-hydrogen) atoms. The number of carboxylic acids is 1. The van der Waals surface area contributed by atoms with Crippen molar-refractivity contribution in [3.8, 4) is 0 Å². The summed E-state index contributed by atoms with van der Waals surface area (Å²) in [7, 11) is -2.21. The van der Waals surface area contributed by atoms with Crippen LogP contribution in [-0.2, 0) is 21.9 Å². The van der Waals surface area contributed by atoms with Crippen LogP contribution in [0.3, 0.4) is 0 Å². The minimum atomic E-state index is -3.74. The lowest BCUT2D eigenvalue weighted by Crippen LogP contribution is -2.38. The Balaban J connectivity index is 1.97. The summed E-state index contributed by atoms with van der Waals surface area (Å²) in [6, 6.07) is -0.674. The summed E-state index contributed by atoms with van der Waals surface area (Å²) in [6.45, 7) is 0. The average Bonchev–Trinajstić information content (AvgIpc) is 3.01. The highest BCUT2D eigenvalue weighted by molar-refractivity contribution is 7.89. The van der Waals surface area contributed by atoms with Crippen LogP contribution in [0.25, 0.3) is 0 Å². The van der Waals surface area contributed by atoms with Crippen molar-refractivity contribution in [1.82, 2.24) is 19.3 Å². The highest BCUT2D eigenvalue weighted by Crippen LogP contribution is 2.44. The van der Waals surface area contributed by atoms with Crippen molar-refractivity contribution in [2.45, 2.75) is 36.4 Å². The Hall–Kier alpha value is -1.48. The summed E-state index contributed by atoms with van der Waals surface area (Å²) < 4.78 is 26.3. The molecule has 104 valence electrons. The summed E-state index contributed by atoms with van der Waals surface area (Å²) >= 11 is 0. The molecule has 3 unspecified atom stereocenters. The maximum Gasteiger partial charge on any atom is 0.308 e. The quantitative estimate of drug-likeness (QED) is 0.798. The maximum atomic E-state index is 12.5. The molecule has 1 aromatic rings. The predicted molar refractivity (Wildman–Crippen MR) is 62.6 cm³/mol. The molecule has 0 radical (unpaired) electrons. The first kappa shape index (κ1) is 12.5. The summed E-state index contributed by atoms with van der Waals surface area (Å²) in [5.74, 6) is -1.53. The van der Waals surface area contributed by atoms with Gasteiger partial charge in [-0.2, -0.15) is 14.2 Å². The standard InChI is InChI=1S/C10H14N4O4S/c1-13-11-5-9(12-13)19(17,18)14-6-2-3-8(14)7(4-6)10(15)16/h5-8H,2-4H2,1H3,(H,15,16). The zero-order valence-electron chi connectivity index (χ0n) is 10.3. The molecule has 0 saturated carbocycles. The maximum absolute atomic E-state index is 12.5. The fourth-order valence-electron chi connectivity index (χ4n) is 3.13. The minimum Gasteiger partial charge on any atom is -0.481 e. The van der Waals surface area contributed by atoms with E-state index in [4.69, 9.17) is 5.11 Å². The topological polar surface area (TPSA) is 105 Å². The molecule has 0 spiro atoms. The molecule has 2 aliphatic heterocycles. The van der Waals surface area contributed by atoms with Crippen molar-refractivity contribution >= 4 is 16.0 Å². The van der Waals surface area contributed by atoms with Crippen LogP contribution in [0.15, 0.2) is 11.2 Å². The normalized spacial score (nSPS) is 30.9. The molecular formula is C10H14N4O4S. The zero-order chi connectivity index (χ0) is 13.8. The van der Waals surface area contributed by atoms with Gasteiger partial charge in [0.15, 0.2) is 0 Å². The Kier molecular flexibility index (Phi) is 2.65.